The molecule has 0 aliphatic rings. The molecule has 3 N–H and O–H groups in total. The van der Waals surface area contributed by atoms with Crippen molar-refractivity contribution in [1.29, 1.82) is 0 Å². The Morgan fingerprint density at radius 2 is 1.77 bits per heavy atom. The molecule has 7 nitrogen and oxygen atoms in total. The Morgan fingerprint density at radius 1 is 1.03 bits per heavy atom. The second-order valence-corrected chi connectivity index (χ2v) is 10.1. The second-order valence-electron chi connectivity index (χ2n) is 7.92. The van der Waals surface area contributed by atoms with Crippen LogP contribution < -0.4 is 15.2 Å². The number of anilines is 2. The molecule has 4 aromatic rings. The highest BCUT2D eigenvalue weighted by molar-refractivity contribution is 7.98. The van der Waals surface area contributed by atoms with E-state index in [9.17, 15) is 13.0 Å². The maximum Gasteiger partial charge on any atom is 0.230 e. The van der Waals surface area contributed by atoms with Gasteiger partial charge in [-0.15, -0.1) is 0 Å². The molecule has 0 amide bonds. The molecule has 3 aromatic carbocycles. The molecule has 180 valence electrons. The van der Waals surface area contributed by atoms with Crippen molar-refractivity contribution in [2.45, 2.75) is 13.0 Å². The van der Waals surface area contributed by atoms with Gasteiger partial charge in [0.1, 0.15) is 29.8 Å². The van der Waals surface area contributed by atoms with E-state index in [-0.39, 0.29) is 23.3 Å². The summed E-state index contributed by atoms with van der Waals surface area (Å²) < 4.78 is 45.2. The van der Waals surface area contributed by atoms with Crippen LogP contribution in [0.4, 0.5) is 20.4 Å². The van der Waals surface area contributed by atoms with Gasteiger partial charge in [-0.3, -0.25) is 9.35 Å². The minimum Gasteiger partial charge on any atom is -0.485 e. The van der Waals surface area contributed by atoms with Gasteiger partial charge in [-0.05, 0) is 54.4 Å². The topological polar surface area (TPSA) is 103 Å². The zero-order valence-corrected chi connectivity index (χ0v) is 19.8. The number of halogens is 2. The van der Waals surface area contributed by atoms with Crippen LogP contribution in [0.1, 0.15) is 24.2 Å². The summed E-state index contributed by atoms with van der Waals surface area (Å²) in [6.45, 7) is 1.78. The van der Waals surface area contributed by atoms with Crippen LogP contribution in [0.25, 0.3) is 11.4 Å². The summed E-state index contributed by atoms with van der Waals surface area (Å²) in [4.78, 5) is 12.8. The lowest BCUT2D eigenvalue weighted by atomic mass is 10.1. The fraction of sp³-hybridized carbons (Fsp3) is 0.120. The van der Waals surface area contributed by atoms with E-state index in [1.807, 2.05) is 0 Å². The Labute approximate surface area is 202 Å². The van der Waals surface area contributed by atoms with Crippen LogP contribution in [0.3, 0.4) is 0 Å². The second kappa shape index (κ2) is 10.2. The molecule has 0 spiro atoms. The van der Waals surface area contributed by atoms with Crippen molar-refractivity contribution in [3.05, 3.63) is 95.8 Å². The van der Waals surface area contributed by atoms with Gasteiger partial charge >= 0.3 is 0 Å². The minimum absolute atomic E-state index is 0.233. The van der Waals surface area contributed by atoms with Gasteiger partial charge in [0.25, 0.3) is 0 Å². The van der Waals surface area contributed by atoms with Crippen LogP contribution in [-0.4, -0.2) is 30.8 Å². The minimum atomic E-state index is -2.56. The fourth-order valence-electron chi connectivity index (χ4n) is 3.35. The van der Waals surface area contributed by atoms with Gasteiger partial charge in [0.2, 0.25) is 5.95 Å². The number of hydrogen-bond acceptors (Lipinski definition) is 6. The Balaban J connectivity index is 1.62. The number of nitrogens with zero attached hydrogens (tertiary/aromatic N) is 3. The lowest BCUT2D eigenvalue weighted by Gasteiger charge is -2.18. The molecule has 0 saturated carbocycles. The van der Waals surface area contributed by atoms with Gasteiger partial charge in [-0.1, -0.05) is 24.3 Å². The molecule has 0 saturated heterocycles. The maximum atomic E-state index is 14.1. The Kier molecular flexibility index (Phi) is 7.04. The Morgan fingerprint density at radius 3 is 2.51 bits per heavy atom. The van der Waals surface area contributed by atoms with Crippen LogP contribution in [0.2, 0.25) is 0 Å². The molecule has 10 heteroatoms. The van der Waals surface area contributed by atoms with Crippen molar-refractivity contribution in [3.8, 4) is 17.1 Å². The number of nitrogens with two attached hydrogens (primary N) is 1. The fourth-order valence-corrected chi connectivity index (χ4v) is 4.03. The van der Waals surface area contributed by atoms with Gasteiger partial charge in [0, 0.05) is 33.1 Å². The van der Waals surface area contributed by atoms with E-state index in [1.54, 1.807) is 43.3 Å². The van der Waals surface area contributed by atoms with Crippen molar-refractivity contribution in [2.24, 2.45) is 5.14 Å². The van der Waals surface area contributed by atoms with Crippen LogP contribution in [0.15, 0.2) is 73.1 Å². The Hall–Kier alpha value is -3.89. The quantitative estimate of drug-likeness (QED) is 0.362. The zero-order valence-electron chi connectivity index (χ0n) is 19.0. The molecular weight excluding hydrogens is 472 g/mol. The molecular formula is C25H23F2N5O2S. The molecule has 0 bridgehead atoms. The van der Waals surface area contributed by atoms with E-state index in [0.717, 1.165) is 5.56 Å². The summed E-state index contributed by atoms with van der Waals surface area (Å²) in [7, 11) is -2.56. The van der Waals surface area contributed by atoms with Crippen molar-refractivity contribution in [1.82, 2.24) is 15.0 Å². The smallest absolute Gasteiger partial charge is 0.230 e. The van der Waals surface area contributed by atoms with Crippen LogP contribution in [-0.2, 0) is 9.71 Å². The van der Waals surface area contributed by atoms with Gasteiger partial charge in [0.05, 0.1) is 5.56 Å². The molecule has 2 unspecified atom stereocenters. The van der Waals surface area contributed by atoms with Crippen molar-refractivity contribution in [3.63, 3.8) is 0 Å². The number of aromatic nitrogens is 3. The SMILES string of the molecule is CC(Oc1cc(F)ccc1-c1ncnc(Nc2cccc(C=S(C)(N)=O)c2)n1)c1ccc(F)cc1. The third-order valence-corrected chi connectivity index (χ3v) is 5.65. The standard InChI is InChI=1S/C25H23F2N5O2S/c1-16(18-6-8-19(26)9-7-18)34-23-13-20(27)10-11-22(23)24-29-15-30-25(32-24)31-21-5-3-4-17(12-21)14-35(2,28)33/h3-16H,1-2H3,(H2,28,33)(H,29,30,31,32). The molecule has 0 fully saturated rings. The predicted octanol–water partition coefficient (Wildman–Crippen LogP) is 4.64. The normalized spacial score (nSPS) is 13.5. The number of ether oxygens (including phenoxy) is 1. The van der Waals surface area contributed by atoms with E-state index in [2.05, 4.69) is 20.3 Å². The maximum absolute atomic E-state index is 14.1. The van der Waals surface area contributed by atoms with E-state index in [0.29, 0.717) is 16.8 Å². The van der Waals surface area contributed by atoms with Crippen LogP contribution in [0.5, 0.6) is 5.75 Å². The summed E-state index contributed by atoms with van der Waals surface area (Å²) in [5.41, 5.74) is 2.52. The first-order valence-electron chi connectivity index (χ1n) is 10.6. The number of hydrogen-bond donors (Lipinski definition) is 2. The van der Waals surface area contributed by atoms with E-state index >= 15 is 0 Å². The van der Waals surface area contributed by atoms with Gasteiger partial charge < -0.3 is 10.1 Å². The van der Waals surface area contributed by atoms with Crippen molar-refractivity contribution in [2.75, 3.05) is 11.6 Å². The van der Waals surface area contributed by atoms with E-state index < -0.39 is 21.6 Å². The van der Waals surface area contributed by atoms with E-state index in [1.165, 1.54) is 48.3 Å². The molecule has 2 atom stereocenters. The lowest BCUT2D eigenvalue weighted by Crippen LogP contribution is -2.13. The predicted molar refractivity (Wildman–Crippen MR) is 134 cm³/mol. The number of nitrogens with one attached hydrogen (secondary N) is 1. The molecule has 1 heterocycles. The molecule has 4 rings (SSSR count). The van der Waals surface area contributed by atoms with Crippen molar-refractivity contribution < 1.29 is 17.7 Å². The van der Waals surface area contributed by atoms with Crippen LogP contribution >= 0.6 is 0 Å². The molecule has 35 heavy (non-hydrogen) atoms. The highest BCUT2D eigenvalue weighted by atomic mass is 32.2. The van der Waals surface area contributed by atoms with Crippen LogP contribution in [0, 0.1) is 11.6 Å². The molecule has 0 aliphatic heterocycles. The monoisotopic (exact) mass is 495 g/mol. The van der Waals surface area contributed by atoms with E-state index in [4.69, 9.17) is 9.88 Å². The molecule has 1 aromatic heterocycles. The molecule has 0 aliphatic carbocycles. The highest BCUT2D eigenvalue weighted by Crippen LogP contribution is 2.32. The summed E-state index contributed by atoms with van der Waals surface area (Å²) in [5, 5.41) is 10.2. The zero-order chi connectivity index (χ0) is 25.0. The highest BCUT2D eigenvalue weighted by Gasteiger charge is 2.16. The third-order valence-electron chi connectivity index (χ3n) is 4.91. The average molecular weight is 496 g/mol. The molecule has 0 radical (unpaired) electrons. The Bertz CT molecular complexity index is 1460. The average Bonchev–Trinajstić information content (AvgIpc) is 2.79. The summed E-state index contributed by atoms with van der Waals surface area (Å²) in [5.74, 6) is -0.0874. The van der Waals surface area contributed by atoms with Gasteiger partial charge in [-0.2, -0.15) is 4.98 Å². The van der Waals surface area contributed by atoms with Gasteiger partial charge in [0.15, 0.2) is 5.82 Å². The summed E-state index contributed by atoms with van der Waals surface area (Å²) >= 11 is 0. The van der Waals surface area contributed by atoms with Crippen molar-refractivity contribution >= 4 is 26.7 Å². The summed E-state index contributed by atoms with van der Waals surface area (Å²) in [6, 6.07) is 17.1. The number of rotatable bonds is 7. The number of benzene rings is 3. The summed E-state index contributed by atoms with van der Waals surface area (Å²) in [6.07, 6.45) is 2.30. The first kappa shape index (κ1) is 24.2. The largest absolute Gasteiger partial charge is 0.485 e. The first-order chi connectivity index (χ1) is 16.7. The first-order valence-corrected chi connectivity index (χ1v) is 12.7. The third kappa shape index (κ3) is 6.58. The lowest BCUT2D eigenvalue weighted by molar-refractivity contribution is 0.227. The van der Waals surface area contributed by atoms with Gasteiger partial charge in [-0.25, -0.2) is 18.7 Å².